The molecule has 1 aliphatic heterocycles. The summed E-state index contributed by atoms with van der Waals surface area (Å²) < 4.78 is 0. The smallest absolute Gasteiger partial charge is 0.161 e. The highest BCUT2D eigenvalue weighted by Gasteiger charge is 2.29. The van der Waals surface area contributed by atoms with Gasteiger partial charge in [0, 0.05) is 24.3 Å². The van der Waals surface area contributed by atoms with E-state index in [-0.39, 0.29) is 5.78 Å². The number of hydrogen-bond acceptors (Lipinski definition) is 2. The van der Waals surface area contributed by atoms with E-state index in [2.05, 4.69) is 24.8 Å². The van der Waals surface area contributed by atoms with Crippen molar-refractivity contribution >= 4 is 11.5 Å². The van der Waals surface area contributed by atoms with Crippen molar-refractivity contribution in [2.75, 3.05) is 18.0 Å². The Bertz CT molecular complexity index is 430. The second kappa shape index (κ2) is 5.13. The standard InChI is InChI=1S/C16H23NO/c1-4-16(3)9-11-17(12-10-16)15-8-6-5-7-14(15)13(2)18/h5-8H,4,9-12H2,1-3H3. The topological polar surface area (TPSA) is 20.3 Å². The highest BCUT2D eigenvalue weighted by atomic mass is 16.1. The van der Waals surface area contributed by atoms with Gasteiger partial charge in [0.15, 0.2) is 5.78 Å². The Labute approximate surface area is 110 Å². The Morgan fingerprint density at radius 2 is 1.89 bits per heavy atom. The maximum absolute atomic E-state index is 11.7. The molecule has 2 rings (SSSR count). The normalized spacial score (nSPS) is 18.7. The summed E-state index contributed by atoms with van der Waals surface area (Å²) in [6, 6.07) is 7.98. The molecule has 0 radical (unpaired) electrons. The molecule has 1 saturated heterocycles. The number of Topliss-reactive ketones (excluding diaryl/α,β-unsaturated/α-hetero) is 1. The average Bonchev–Trinajstić information content (AvgIpc) is 2.39. The molecular weight excluding hydrogens is 222 g/mol. The van der Waals surface area contributed by atoms with Crippen molar-refractivity contribution in [2.24, 2.45) is 5.41 Å². The minimum Gasteiger partial charge on any atom is -0.371 e. The number of rotatable bonds is 3. The lowest BCUT2D eigenvalue weighted by Crippen LogP contribution is -2.39. The third-order valence-corrected chi connectivity index (χ3v) is 4.45. The SMILES string of the molecule is CCC1(C)CCN(c2ccccc2C(C)=O)CC1. The quantitative estimate of drug-likeness (QED) is 0.753. The zero-order valence-corrected chi connectivity index (χ0v) is 11.7. The van der Waals surface area contributed by atoms with Crippen LogP contribution < -0.4 is 4.90 Å². The van der Waals surface area contributed by atoms with Crippen molar-refractivity contribution in [3.8, 4) is 0 Å². The first kappa shape index (κ1) is 13.1. The van der Waals surface area contributed by atoms with E-state index in [0.717, 1.165) is 24.3 Å². The van der Waals surface area contributed by atoms with Crippen LogP contribution in [0.25, 0.3) is 0 Å². The van der Waals surface area contributed by atoms with Gasteiger partial charge in [-0.15, -0.1) is 0 Å². The summed E-state index contributed by atoms with van der Waals surface area (Å²) in [4.78, 5) is 14.0. The number of benzene rings is 1. The van der Waals surface area contributed by atoms with Crippen molar-refractivity contribution in [1.29, 1.82) is 0 Å². The van der Waals surface area contributed by atoms with Crippen molar-refractivity contribution in [1.82, 2.24) is 0 Å². The Morgan fingerprint density at radius 1 is 1.28 bits per heavy atom. The molecule has 0 N–H and O–H groups in total. The molecule has 0 atom stereocenters. The van der Waals surface area contributed by atoms with E-state index >= 15 is 0 Å². The van der Waals surface area contributed by atoms with E-state index in [9.17, 15) is 4.79 Å². The molecule has 0 spiro atoms. The number of carbonyl (C=O) groups is 1. The molecule has 18 heavy (non-hydrogen) atoms. The Hall–Kier alpha value is -1.31. The van der Waals surface area contributed by atoms with Gasteiger partial charge in [-0.25, -0.2) is 0 Å². The van der Waals surface area contributed by atoms with Gasteiger partial charge in [0.05, 0.1) is 0 Å². The zero-order chi connectivity index (χ0) is 13.2. The van der Waals surface area contributed by atoms with Crippen LogP contribution in [0.5, 0.6) is 0 Å². The monoisotopic (exact) mass is 245 g/mol. The van der Waals surface area contributed by atoms with Crippen molar-refractivity contribution < 1.29 is 4.79 Å². The Balaban J connectivity index is 2.17. The van der Waals surface area contributed by atoms with Crippen molar-refractivity contribution in [2.45, 2.75) is 40.0 Å². The molecule has 0 amide bonds. The number of para-hydroxylation sites is 1. The Kier molecular flexibility index (Phi) is 3.74. The van der Waals surface area contributed by atoms with E-state index in [0.29, 0.717) is 5.41 Å². The van der Waals surface area contributed by atoms with Gasteiger partial charge in [-0.1, -0.05) is 32.4 Å². The molecule has 0 aliphatic carbocycles. The van der Waals surface area contributed by atoms with Crippen LogP contribution in [0.2, 0.25) is 0 Å². The van der Waals surface area contributed by atoms with Crippen LogP contribution in [0.4, 0.5) is 5.69 Å². The first-order valence-corrected chi connectivity index (χ1v) is 6.91. The molecular formula is C16H23NO. The lowest BCUT2D eigenvalue weighted by atomic mass is 9.78. The fraction of sp³-hybridized carbons (Fsp3) is 0.562. The van der Waals surface area contributed by atoms with E-state index in [1.165, 1.54) is 19.3 Å². The maximum Gasteiger partial charge on any atom is 0.161 e. The molecule has 2 heteroatoms. The van der Waals surface area contributed by atoms with Gasteiger partial charge in [0.1, 0.15) is 0 Å². The van der Waals surface area contributed by atoms with Crippen molar-refractivity contribution in [3.05, 3.63) is 29.8 Å². The minimum absolute atomic E-state index is 0.162. The maximum atomic E-state index is 11.7. The molecule has 1 aliphatic rings. The Morgan fingerprint density at radius 3 is 2.44 bits per heavy atom. The predicted molar refractivity (Wildman–Crippen MR) is 76.3 cm³/mol. The summed E-state index contributed by atoms with van der Waals surface area (Å²) in [5.74, 6) is 0.162. The molecule has 1 aromatic carbocycles. The highest BCUT2D eigenvalue weighted by Crippen LogP contribution is 2.36. The van der Waals surface area contributed by atoms with E-state index in [1.807, 2.05) is 18.2 Å². The van der Waals surface area contributed by atoms with Gasteiger partial charge in [0.25, 0.3) is 0 Å². The average molecular weight is 245 g/mol. The van der Waals surface area contributed by atoms with Crippen LogP contribution in [0.3, 0.4) is 0 Å². The summed E-state index contributed by atoms with van der Waals surface area (Å²) in [6.07, 6.45) is 3.68. The largest absolute Gasteiger partial charge is 0.371 e. The second-order valence-corrected chi connectivity index (χ2v) is 5.72. The summed E-state index contributed by atoms with van der Waals surface area (Å²) in [5.41, 5.74) is 2.46. The predicted octanol–water partition coefficient (Wildman–Crippen LogP) is 3.91. The lowest BCUT2D eigenvalue weighted by Gasteiger charge is -2.40. The number of anilines is 1. The minimum atomic E-state index is 0.162. The summed E-state index contributed by atoms with van der Waals surface area (Å²) in [5, 5.41) is 0. The third kappa shape index (κ3) is 2.58. The zero-order valence-electron chi connectivity index (χ0n) is 11.7. The molecule has 0 bridgehead atoms. The third-order valence-electron chi connectivity index (χ3n) is 4.45. The van der Waals surface area contributed by atoms with Crippen molar-refractivity contribution in [3.63, 3.8) is 0 Å². The molecule has 98 valence electrons. The molecule has 0 aromatic heterocycles. The van der Waals surface area contributed by atoms with Gasteiger partial charge in [-0.2, -0.15) is 0 Å². The molecule has 1 fully saturated rings. The molecule has 1 aromatic rings. The van der Waals surface area contributed by atoms with Gasteiger partial charge in [0.2, 0.25) is 0 Å². The molecule has 0 unspecified atom stereocenters. The van der Waals surface area contributed by atoms with Crippen LogP contribution in [0.1, 0.15) is 50.4 Å². The summed E-state index contributed by atoms with van der Waals surface area (Å²) in [7, 11) is 0. The summed E-state index contributed by atoms with van der Waals surface area (Å²) >= 11 is 0. The van der Waals surface area contributed by atoms with Gasteiger partial charge >= 0.3 is 0 Å². The van der Waals surface area contributed by atoms with E-state index < -0.39 is 0 Å². The highest BCUT2D eigenvalue weighted by molar-refractivity contribution is 5.99. The van der Waals surface area contributed by atoms with Crippen LogP contribution in [0, 0.1) is 5.41 Å². The van der Waals surface area contributed by atoms with E-state index in [4.69, 9.17) is 0 Å². The van der Waals surface area contributed by atoms with Crippen LogP contribution in [-0.4, -0.2) is 18.9 Å². The number of hydrogen-bond donors (Lipinski definition) is 0. The van der Waals surface area contributed by atoms with Crippen LogP contribution >= 0.6 is 0 Å². The van der Waals surface area contributed by atoms with Gasteiger partial charge < -0.3 is 4.90 Å². The fourth-order valence-electron chi connectivity index (χ4n) is 2.69. The second-order valence-electron chi connectivity index (χ2n) is 5.72. The number of nitrogens with zero attached hydrogens (tertiary/aromatic N) is 1. The van der Waals surface area contributed by atoms with Crippen LogP contribution in [-0.2, 0) is 0 Å². The number of carbonyl (C=O) groups excluding carboxylic acids is 1. The summed E-state index contributed by atoms with van der Waals surface area (Å²) in [6.45, 7) is 8.43. The molecule has 1 heterocycles. The molecule has 2 nitrogen and oxygen atoms in total. The number of ketones is 1. The van der Waals surface area contributed by atoms with Gasteiger partial charge in [-0.3, -0.25) is 4.79 Å². The van der Waals surface area contributed by atoms with Crippen LogP contribution in [0.15, 0.2) is 24.3 Å². The molecule has 0 saturated carbocycles. The van der Waals surface area contributed by atoms with E-state index in [1.54, 1.807) is 6.92 Å². The lowest BCUT2D eigenvalue weighted by molar-refractivity contribution is 0.101. The first-order chi connectivity index (χ1) is 8.56. The fourth-order valence-corrected chi connectivity index (χ4v) is 2.69. The number of piperidine rings is 1. The van der Waals surface area contributed by atoms with Gasteiger partial charge in [-0.05, 0) is 37.3 Å². The first-order valence-electron chi connectivity index (χ1n) is 6.91.